The lowest BCUT2D eigenvalue weighted by atomic mass is 10.0. The summed E-state index contributed by atoms with van der Waals surface area (Å²) in [4.78, 5) is 0. The fourth-order valence-electron chi connectivity index (χ4n) is 2.51. The molecule has 3 N–H and O–H groups in total. The van der Waals surface area contributed by atoms with E-state index in [1.54, 1.807) is 14.2 Å². The number of hydrogen-bond donors (Lipinski definition) is 2. The van der Waals surface area contributed by atoms with E-state index in [1.165, 1.54) is 25.7 Å². The van der Waals surface area contributed by atoms with Crippen LogP contribution in [0.4, 0.5) is 0 Å². The first-order valence-corrected chi connectivity index (χ1v) is 7.43. The van der Waals surface area contributed by atoms with Gasteiger partial charge in [-0.3, -0.25) is 0 Å². The molecule has 2 rings (SSSR count). The van der Waals surface area contributed by atoms with E-state index in [4.69, 9.17) is 15.2 Å². The minimum absolute atomic E-state index is 0.110. The van der Waals surface area contributed by atoms with Crippen molar-refractivity contribution in [3.8, 4) is 11.5 Å². The smallest absolute Gasteiger partial charge is 0.123 e. The number of rotatable bonds is 9. The van der Waals surface area contributed by atoms with E-state index in [2.05, 4.69) is 5.32 Å². The second-order valence-electron chi connectivity index (χ2n) is 5.44. The summed E-state index contributed by atoms with van der Waals surface area (Å²) in [5, 5.41) is 3.53. The number of ether oxygens (including phenoxy) is 2. The van der Waals surface area contributed by atoms with E-state index in [0.29, 0.717) is 6.54 Å². The third-order valence-corrected chi connectivity index (χ3v) is 3.92. The Morgan fingerprint density at radius 1 is 1.30 bits per heavy atom. The monoisotopic (exact) mass is 278 g/mol. The number of hydrogen-bond acceptors (Lipinski definition) is 4. The summed E-state index contributed by atoms with van der Waals surface area (Å²) in [6.07, 6.45) is 5.39. The van der Waals surface area contributed by atoms with Crippen LogP contribution in [0, 0.1) is 5.92 Å². The van der Waals surface area contributed by atoms with E-state index in [1.807, 2.05) is 18.2 Å². The molecule has 0 bridgehead atoms. The summed E-state index contributed by atoms with van der Waals surface area (Å²) >= 11 is 0. The molecular weight excluding hydrogens is 252 g/mol. The molecule has 20 heavy (non-hydrogen) atoms. The number of nitrogens with two attached hydrogens (primary N) is 1. The number of nitrogens with one attached hydrogen (secondary N) is 1. The molecule has 1 saturated carbocycles. The summed E-state index contributed by atoms with van der Waals surface area (Å²) in [5.74, 6) is 2.68. The van der Waals surface area contributed by atoms with Crippen molar-refractivity contribution in [3.05, 3.63) is 23.8 Å². The normalized spacial score (nSPS) is 15.9. The molecule has 1 fully saturated rings. The minimum Gasteiger partial charge on any atom is -0.497 e. The average Bonchev–Trinajstić information content (AvgIpc) is 3.31. The minimum atomic E-state index is 0.110. The molecule has 0 spiro atoms. The molecule has 0 aromatic heterocycles. The van der Waals surface area contributed by atoms with Gasteiger partial charge in [-0.1, -0.05) is 12.8 Å². The average molecular weight is 278 g/mol. The first kappa shape index (κ1) is 15.1. The van der Waals surface area contributed by atoms with Gasteiger partial charge >= 0.3 is 0 Å². The maximum atomic E-state index is 5.92. The second kappa shape index (κ2) is 7.50. The second-order valence-corrected chi connectivity index (χ2v) is 5.44. The van der Waals surface area contributed by atoms with E-state index < -0.39 is 0 Å². The maximum Gasteiger partial charge on any atom is 0.123 e. The highest BCUT2D eigenvalue weighted by Crippen LogP contribution is 2.33. The molecular formula is C16H26N2O2. The van der Waals surface area contributed by atoms with Crippen molar-refractivity contribution in [2.24, 2.45) is 11.7 Å². The van der Waals surface area contributed by atoms with Crippen LogP contribution >= 0.6 is 0 Å². The highest BCUT2D eigenvalue weighted by atomic mass is 16.5. The molecule has 0 heterocycles. The van der Waals surface area contributed by atoms with Gasteiger partial charge in [-0.05, 0) is 43.5 Å². The molecule has 1 aliphatic rings. The Kier molecular flexibility index (Phi) is 5.68. The zero-order valence-electron chi connectivity index (χ0n) is 12.5. The Morgan fingerprint density at radius 2 is 2.10 bits per heavy atom. The molecule has 0 aliphatic heterocycles. The molecule has 0 radical (unpaired) electrons. The van der Waals surface area contributed by atoms with Crippen LogP contribution in [0.5, 0.6) is 11.5 Å². The van der Waals surface area contributed by atoms with Crippen molar-refractivity contribution < 1.29 is 9.47 Å². The third-order valence-electron chi connectivity index (χ3n) is 3.92. The molecule has 4 heteroatoms. The summed E-state index contributed by atoms with van der Waals surface area (Å²) in [6, 6.07) is 5.95. The van der Waals surface area contributed by atoms with Crippen molar-refractivity contribution >= 4 is 0 Å². The molecule has 4 nitrogen and oxygen atoms in total. The Hall–Kier alpha value is -1.26. The molecule has 1 aromatic carbocycles. The third kappa shape index (κ3) is 4.12. The van der Waals surface area contributed by atoms with E-state index in [9.17, 15) is 0 Å². The maximum absolute atomic E-state index is 5.92. The summed E-state index contributed by atoms with van der Waals surface area (Å²) in [5.41, 5.74) is 6.99. The van der Waals surface area contributed by atoms with Crippen molar-refractivity contribution in [1.82, 2.24) is 5.32 Å². The van der Waals surface area contributed by atoms with Crippen LogP contribution < -0.4 is 20.5 Å². The molecule has 1 unspecified atom stereocenters. The van der Waals surface area contributed by atoms with Crippen LogP contribution in [-0.2, 0) is 0 Å². The van der Waals surface area contributed by atoms with Gasteiger partial charge in [0.05, 0.1) is 14.2 Å². The van der Waals surface area contributed by atoms with Crippen LogP contribution in [0.2, 0.25) is 0 Å². The fourth-order valence-corrected chi connectivity index (χ4v) is 2.51. The molecule has 1 atom stereocenters. The molecule has 112 valence electrons. The van der Waals surface area contributed by atoms with Gasteiger partial charge in [0.1, 0.15) is 11.5 Å². The highest BCUT2D eigenvalue weighted by molar-refractivity contribution is 5.42. The van der Waals surface area contributed by atoms with Crippen LogP contribution in [0.3, 0.4) is 0 Å². The standard InChI is InChI=1S/C16H26N2O2/c1-19-13-7-8-16(20-2)14(10-13)15(11-17)18-9-3-4-12-5-6-12/h7-8,10,12,15,18H,3-6,9,11,17H2,1-2H3. The highest BCUT2D eigenvalue weighted by Gasteiger charge is 2.20. The predicted molar refractivity (Wildman–Crippen MR) is 81.3 cm³/mol. The largest absolute Gasteiger partial charge is 0.497 e. The molecule has 1 aliphatic carbocycles. The lowest BCUT2D eigenvalue weighted by molar-refractivity contribution is 0.389. The van der Waals surface area contributed by atoms with Crippen molar-refractivity contribution in [1.29, 1.82) is 0 Å². The summed E-state index contributed by atoms with van der Waals surface area (Å²) in [6.45, 7) is 1.55. The topological polar surface area (TPSA) is 56.5 Å². The van der Waals surface area contributed by atoms with Gasteiger partial charge < -0.3 is 20.5 Å². The molecule has 0 amide bonds. The Labute approximate surface area is 121 Å². The SMILES string of the molecule is COc1ccc(OC)c(C(CN)NCCCC2CC2)c1. The van der Waals surface area contributed by atoms with Crippen LogP contribution in [0.15, 0.2) is 18.2 Å². The molecule has 0 saturated heterocycles. The predicted octanol–water partition coefficient (Wildman–Crippen LogP) is 2.48. The first-order chi connectivity index (χ1) is 9.78. The number of benzene rings is 1. The van der Waals surface area contributed by atoms with E-state index >= 15 is 0 Å². The van der Waals surface area contributed by atoms with Gasteiger partial charge in [-0.15, -0.1) is 0 Å². The Morgan fingerprint density at radius 3 is 2.70 bits per heavy atom. The Balaban J connectivity index is 1.96. The zero-order chi connectivity index (χ0) is 14.4. The first-order valence-electron chi connectivity index (χ1n) is 7.43. The lowest BCUT2D eigenvalue weighted by Gasteiger charge is -2.20. The zero-order valence-corrected chi connectivity index (χ0v) is 12.5. The Bertz CT molecular complexity index is 419. The van der Waals surface area contributed by atoms with Crippen LogP contribution in [-0.4, -0.2) is 27.3 Å². The lowest BCUT2D eigenvalue weighted by Crippen LogP contribution is -2.29. The van der Waals surface area contributed by atoms with Gasteiger partial charge in [0.25, 0.3) is 0 Å². The van der Waals surface area contributed by atoms with Gasteiger partial charge in [-0.25, -0.2) is 0 Å². The van der Waals surface area contributed by atoms with Crippen molar-refractivity contribution in [2.75, 3.05) is 27.3 Å². The quantitative estimate of drug-likeness (QED) is 0.681. The van der Waals surface area contributed by atoms with E-state index in [-0.39, 0.29) is 6.04 Å². The van der Waals surface area contributed by atoms with Crippen LogP contribution in [0.25, 0.3) is 0 Å². The number of methoxy groups -OCH3 is 2. The van der Waals surface area contributed by atoms with Crippen LogP contribution in [0.1, 0.15) is 37.3 Å². The van der Waals surface area contributed by atoms with Gasteiger partial charge in [0, 0.05) is 18.2 Å². The summed E-state index contributed by atoms with van der Waals surface area (Å²) in [7, 11) is 3.36. The van der Waals surface area contributed by atoms with E-state index in [0.717, 1.165) is 29.5 Å². The fraction of sp³-hybridized carbons (Fsp3) is 0.625. The van der Waals surface area contributed by atoms with Gasteiger partial charge in [0.15, 0.2) is 0 Å². The van der Waals surface area contributed by atoms with Gasteiger partial charge in [0.2, 0.25) is 0 Å². The summed E-state index contributed by atoms with van der Waals surface area (Å²) < 4.78 is 10.7. The van der Waals surface area contributed by atoms with Crippen molar-refractivity contribution in [2.45, 2.75) is 31.7 Å². The molecule has 1 aromatic rings. The van der Waals surface area contributed by atoms with Crippen molar-refractivity contribution in [3.63, 3.8) is 0 Å². The van der Waals surface area contributed by atoms with Gasteiger partial charge in [-0.2, -0.15) is 0 Å².